The Bertz CT molecular complexity index is 875. The normalized spacial score (nSPS) is 11.8. The highest BCUT2D eigenvalue weighted by Gasteiger charge is 2.26. The Morgan fingerprint density at radius 2 is 1.81 bits per heavy atom. The summed E-state index contributed by atoms with van der Waals surface area (Å²) in [6.45, 7) is 6.76. The van der Waals surface area contributed by atoms with Gasteiger partial charge in [-0.1, -0.05) is 49.7 Å². The van der Waals surface area contributed by atoms with Crippen molar-refractivity contribution in [2.75, 3.05) is 19.4 Å². The fraction of sp³-hybridized carbons (Fsp3) is 0.417. The van der Waals surface area contributed by atoms with Gasteiger partial charge >= 0.3 is 0 Å². The average molecular weight is 463 g/mol. The third-order valence-corrected chi connectivity index (χ3v) is 5.95. The quantitative estimate of drug-likeness (QED) is 0.522. The van der Waals surface area contributed by atoms with Crippen molar-refractivity contribution in [1.29, 1.82) is 0 Å². The number of nitrogens with zero attached hydrogens (tertiary/aromatic N) is 1. The molecule has 7 heteroatoms. The van der Waals surface area contributed by atoms with E-state index in [4.69, 9.17) is 16.3 Å². The molecule has 0 unspecified atom stereocenters. The van der Waals surface area contributed by atoms with E-state index in [0.29, 0.717) is 29.8 Å². The highest BCUT2D eigenvalue weighted by Crippen LogP contribution is 2.20. The van der Waals surface area contributed by atoms with E-state index in [2.05, 4.69) is 5.32 Å². The molecule has 2 amide bonds. The van der Waals surface area contributed by atoms with Gasteiger partial charge in [0, 0.05) is 23.9 Å². The molecule has 0 radical (unpaired) electrons. The lowest BCUT2D eigenvalue weighted by Crippen LogP contribution is -2.48. The number of thioether (sulfide) groups is 1. The van der Waals surface area contributed by atoms with Crippen molar-refractivity contribution in [2.45, 2.75) is 39.1 Å². The Labute approximate surface area is 194 Å². The SMILES string of the molecule is COc1cccc(CN(C(=O)CSCc2cccc(Cl)c2)[C@@H](C)C(=O)NCC(C)C)c1. The standard InChI is InChI=1S/C24H31ClN2O3S/c1-17(2)13-26-24(29)18(3)27(14-19-7-6-10-22(12-19)30-4)23(28)16-31-15-20-8-5-9-21(25)11-20/h5-12,17-18H,13-16H2,1-4H3,(H,26,29)/t18-/m0/s1. The van der Waals surface area contributed by atoms with E-state index >= 15 is 0 Å². The van der Waals surface area contributed by atoms with Gasteiger partial charge in [0.2, 0.25) is 11.8 Å². The molecule has 31 heavy (non-hydrogen) atoms. The first kappa shape index (κ1) is 25.1. The van der Waals surface area contributed by atoms with Gasteiger partial charge in [-0.2, -0.15) is 0 Å². The van der Waals surface area contributed by atoms with E-state index in [-0.39, 0.29) is 17.6 Å². The topological polar surface area (TPSA) is 58.6 Å². The summed E-state index contributed by atoms with van der Waals surface area (Å²) in [6.07, 6.45) is 0. The van der Waals surface area contributed by atoms with Gasteiger partial charge in [0.05, 0.1) is 12.9 Å². The maximum atomic E-state index is 13.1. The number of carbonyl (C=O) groups excluding carboxylic acids is 2. The van der Waals surface area contributed by atoms with Crippen LogP contribution in [-0.2, 0) is 21.9 Å². The Balaban J connectivity index is 2.08. The van der Waals surface area contributed by atoms with Gasteiger partial charge in [-0.15, -0.1) is 11.8 Å². The van der Waals surface area contributed by atoms with E-state index in [9.17, 15) is 9.59 Å². The minimum Gasteiger partial charge on any atom is -0.497 e. The van der Waals surface area contributed by atoms with Gasteiger partial charge in [0.25, 0.3) is 0 Å². The van der Waals surface area contributed by atoms with Crippen molar-refractivity contribution in [2.24, 2.45) is 5.92 Å². The zero-order valence-electron chi connectivity index (χ0n) is 18.6. The molecule has 0 aliphatic rings. The van der Waals surface area contributed by atoms with Crippen molar-refractivity contribution < 1.29 is 14.3 Å². The summed E-state index contributed by atoms with van der Waals surface area (Å²) in [7, 11) is 1.61. The van der Waals surface area contributed by atoms with Crippen molar-refractivity contribution in [1.82, 2.24) is 10.2 Å². The summed E-state index contributed by atoms with van der Waals surface area (Å²) < 4.78 is 5.30. The van der Waals surface area contributed by atoms with E-state index in [1.165, 1.54) is 11.8 Å². The Kier molecular flexibility index (Phi) is 10.2. The Morgan fingerprint density at radius 3 is 2.48 bits per heavy atom. The summed E-state index contributed by atoms with van der Waals surface area (Å²) in [5.41, 5.74) is 1.98. The molecule has 0 saturated carbocycles. The van der Waals surface area contributed by atoms with Gasteiger partial charge in [0.15, 0.2) is 0 Å². The van der Waals surface area contributed by atoms with Crippen LogP contribution in [-0.4, -0.2) is 42.2 Å². The minimum atomic E-state index is -0.579. The minimum absolute atomic E-state index is 0.0814. The lowest BCUT2D eigenvalue weighted by Gasteiger charge is -2.29. The number of carbonyl (C=O) groups is 2. The number of benzene rings is 2. The maximum Gasteiger partial charge on any atom is 0.242 e. The number of hydrogen-bond donors (Lipinski definition) is 1. The molecule has 0 bridgehead atoms. The molecule has 0 aromatic heterocycles. The molecule has 0 saturated heterocycles. The van der Waals surface area contributed by atoms with Crippen LogP contribution < -0.4 is 10.1 Å². The van der Waals surface area contributed by atoms with Crippen LogP contribution in [0.1, 0.15) is 31.9 Å². The van der Waals surface area contributed by atoms with Crippen LogP contribution in [0.25, 0.3) is 0 Å². The van der Waals surface area contributed by atoms with Crippen LogP contribution in [0.2, 0.25) is 5.02 Å². The molecule has 0 spiro atoms. The lowest BCUT2D eigenvalue weighted by atomic mass is 10.1. The number of methoxy groups -OCH3 is 1. The average Bonchev–Trinajstić information content (AvgIpc) is 2.75. The molecule has 1 atom stereocenters. The highest BCUT2D eigenvalue weighted by atomic mass is 35.5. The van der Waals surface area contributed by atoms with Crippen LogP contribution in [0.5, 0.6) is 5.75 Å². The van der Waals surface area contributed by atoms with E-state index < -0.39 is 6.04 Å². The fourth-order valence-electron chi connectivity index (χ4n) is 2.97. The van der Waals surface area contributed by atoms with E-state index in [1.807, 2.05) is 62.4 Å². The molecule has 1 N–H and O–H groups in total. The second kappa shape index (κ2) is 12.6. The third-order valence-electron chi connectivity index (χ3n) is 4.72. The first-order chi connectivity index (χ1) is 14.8. The van der Waals surface area contributed by atoms with Crippen molar-refractivity contribution in [3.05, 3.63) is 64.7 Å². The summed E-state index contributed by atoms with van der Waals surface area (Å²) in [5.74, 6) is 1.78. The monoisotopic (exact) mass is 462 g/mol. The zero-order chi connectivity index (χ0) is 22.8. The Hall–Kier alpha value is -2.18. The molecule has 168 valence electrons. The summed E-state index contributed by atoms with van der Waals surface area (Å²) in [6, 6.07) is 14.6. The van der Waals surface area contributed by atoms with Gasteiger partial charge in [-0.05, 0) is 48.2 Å². The van der Waals surface area contributed by atoms with Crippen molar-refractivity contribution in [3.8, 4) is 5.75 Å². The smallest absolute Gasteiger partial charge is 0.242 e. The molecular formula is C24H31ClN2O3S. The molecule has 0 aliphatic carbocycles. The van der Waals surface area contributed by atoms with Gasteiger partial charge in [-0.25, -0.2) is 0 Å². The molecule has 0 fully saturated rings. The molecule has 5 nitrogen and oxygen atoms in total. The number of halogens is 1. The Morgan fingerprint density at radius 1 is 1.10 bits per heavy atom. The summed E-state index contributed by atoms with van der Waals surface area (Å²) in [5, 5.41) is 3.61. The van der Waals surface area contributed by atoms with E-state index in [1.54, 1.807) is 18.9 Å². The first-order valence-corrected chi connectivity index (χ1v) is 11.9. The third kappa shape index (κ3) is 8.46. The first-order valence-electron chi connectivity index (χ1n) is 10.3. The number of hydrogen-bond acceptors (Lipinski definition) is 4. The molecular weight excluding hydrogens is 432 g/mol. The number of amides is 2. The summed E-state index contributed by atoms with van der Waals surface area (Å²) >= 11 is 7.55. The molecule has 2 rings (SSSR count). The van der Waals surface area contributed by atoms with Crippen LogP contribution >= 0.6 is 23.4 Å². The van der Waals surface area contributed by atoms with E-state index in [0.717, 1.165) is 16.9 Å². The highest BCUT2D eigenvalue weighted by molar-refractivity contribution is 7.99. The van der Waals surface area contributed by atoms with Gasteiger partial charge in [-0.3, -0.25) is 9.59 Å². The van der Waals surface area contributed by atoms with Crippen molar-refractivity contribution in [3.63, 3.8) is 0 Å². The summed E-state index contributed by atoms with van der Waals surface area (Å²) in [4.78, 5) is 27.4. The molecule has 0 aliphatic heterocycles. The predicted octanol–water partition coefficient (Wildman–Crippen LogP) is 4.77. The second-order valence-corrected chi connectivity index (χ2v) is 9.23. The molecule has 2 aromatic rings. The zero-order valence-corrected chi connectivity index (χ0v) is 20.1. The van der Waals surface area contributed by atoms with Gasteiger partial charge in [0.1, 0.15) is 11.8 Å². The van der Waals surface area contributed by atoms with Crippen LogP contribution in [0.15, 0.2) is 48.5 Å². The van der Waals surface area contributed by atoms with Crippen LogP contribution in [0.4, 0.5) is 0 Å². The van der Waals surface area contributed by atoms with Crippen LogP contribution in [0, 0.1) is 5.92 Å². The van der Waals surface area contributed by atoms with Crippen LogP contribution in [0.3, 0.4) is 0 Å². The van der Waals surface area contributed by atoms with Gasteiger partial charge < -0.3 is 15.0 Å². The second-order valence-electron chi connectivity index (χ2n) is 7.81. The number of rotatable bonds is 11. The number of nitrogens with one attached hydrogen (secondary N) is 1. The predicted molar refractivity (Wildman–Crippen MR) is 128 cm³/mol. The lowest BCUT2D eigenvalue weighted by molar-refractivity contribution is -0.138. The fourth-order valence-corrected chi connectivity index (χ4v) is 4.04. The molecule has 2 aromatic carbocycles. The largest absolute Gasteiger partial charge is 0.497 e. The molecule has 0 heterocycles. The van der Waals surface area contributed by atoms with Crippen molar-refractivity contribution >= 4 is 35.2 Å². The maximum absolute atomic E-state index is 13.1. The number of ether oxygens (including phenoxy) is 1.